The van der Waals surface area contributed by atoms with Crippen LogP contribution in [0.5, 0.6) is 0 Å². The highest BCUT2D eigenvalue weighted by atomic mass is 16.6. The lowest BCUT2D eigenvalue weighted by atomic mass is 10.1. The Bertz CT molecular complexity index is 592. The van der Waals surface area contributed by atoms with Gasteiger partial charge in [0.15, 0.2) is 0 Å². The third kappa shape index (κ3) is 3.38. The number of hydrogen-bond acceptors (Lipinski definition) is 4. The fraction of sp³-hybridized carbons (Fsp3) is 0.0714. The van der Waals surface area contributed by atoms with Gasteiger partial charge in [-0.2, -0.15) is 5.10 Å². The summed E-state index contributed by atoms with van der Waals surface area (Å²) in [5.74, 6) is 0. The molecule has 2 aromatic rings. The first kappa shape index (κ1) is 12.8. The van der Waals surface area contributed by atoms with Crippen molar-refractivity contribution in [2.75, 3.05) is 5.43 Å². The van der Waals surface area contributed by atoms with Gasteiger partial charge in [0.05, 0.1) is 16.3 Å². The molecule has 5 heteroatoms. The highest BCUT2D eigenvalue weighted by molar-refractivity contribution is 5.99. The van der Waals surface area contributed by atoms with Crippen molar-refractivity contribution in [3.05, 3.63) is 70.3 Å². The van der Waals surface area contributed by atoms with Gasteiger partial charge in [-0.1, -0.05) is 18.2 Å². The first-order valence-corrected chi connectivity index (χ1v) is 5.77. The summed E-state index contributed by atoms with van der Waals surface area (Å²) in [6.07, 6.45) is 0. The van der Waals surface area contributed by atoms with Crippen LogP contribution in [0.4, 0.5) is 11.4 Å². The van der Waals surface area contributed by atoms with Crippen molar-refractivity contribution in [3.63, 3.8) is 0 Å². The summed E-state index contributed by atoms with van der Waals surface area (Å²) in [4.78, 5) is 10.1. The maximum Gasteiger partial charge on any atom is 0.269 e. The van der Waals surface area contributed by atoms with Gasteiger partial charge in [0.25, 0.3) is 5.69 Å². The second-order valence-electron chi connectivity index (χ2n) is 3.98. The highest BCUT2D eigenvalue weighted by Gasteiger charge is 2.05. The molecule has 2 aromatic carbocycles. The van der Waals surface area contributed by atoms with Crippen LogP contribution in [0.15, 0.2) is 59.7 Å². The number of nitrogens with zero attached hydrogens (tertiary/aromatic N) is 2. The van der Waals surface area contributed by atoms with Crippen molar-refractivity contribution in [2.24, 2.45) is 5.10 Å². The molecule has 0 saturated carbocycles. The lowest BCUT2D eigenvalue weighted by Gasteiger charge is -2.03. The molecule has 0 spiro atoms. The summed E-state index contributed by atoms with van der Waals surface area (Å²) in [7, 11) is 0. The second kappa shape index (κ2) is 5.77. The SMILES string of the molecule is CC(=NNc1ccccc1)c1ccc([N+](=O)[O-])cc1. The first-order chi connectivity index (χ1) is 9.16. The fourth-order valence-electron chi connectivity index (χ4n) is 1.55. The zero-order valence-electron chi connectivity index (χ0n) is 10.4. The van der Waals surface area contributed by atoms with Gasteiger partial charge in [-0.15, -0.1) is 0 Å². The molecule has 0 aliphatic heterocycles. The number of hydrazone groups is 1. The molecular weight excluding hydrogens is 242 g/mol. The minimum absolute atomic E-state index is 0.0765. The Balaban J connectivity index is 2.10. The molecule has 19 heavy (non-hydrogen) atoms. The van der Waals surface area contributed by atoms with Crippen LogP contribution in [-0.2, 0) is 0 Å². The molecule has 0 aliphatic carbocycles. The average Bonchev–Trinajstić information content (AvgIpc) is 2.46. The van der Waals surface area contributed by atoms with E-state index >= 15 is 0 Å². The zero-order valence-corrected chi connectivity index (χ0v) is 10.4. The number of non-ortho nitro benzene ring substituents is 1. The number of hydrogen-bond donors (Lipinski definition) is 1. The molecule has 0 saturated heterocycles. The van der Waals surface area contributed by atoms with Crippen LogP contribution in [0.2, 0.25) is 0 Å². The Labute approximate surface area is 110 Å². The molecule has 5 nitrogen and oxygen atoms in total. The van der Waals surface area contributed by atoms with Crippen molar-refractivity contribution in [2.45, 2.75) is 6.92 Å². The van der Waals surface area contributed by atoms with E-state index in [0.29, 0.717) is 0 Å². The van der Waals surface area contributed by atoms with Crippen LogP contribution in [-0.4, -0.2) is 10.6 Å². The molecule has 0 aliphatic rings. The maximum absolute atomic E-state index is 10.6. The molecule has 0 amide bonds. The molecule has 0 unspecified atom stereocenters. The zero-order chi connectivity index (χ0) is 13.7. The number of anilines is 1. The number of nitro groups is 1. The first-order valence-electron chi connectivity index (χ1n) is 5.77. The monoisotopic (exact) mass is 255 g/mol. The van der Waals surface area contributed by atoms with E-state index in [4.69, 9.17) is 0 Å². The Hall–Kier alpha value is -2.69. The molecule has 0 fully saturated rings. The van der Waals surface area contributed by atoms with Crippen molar-refractivity contribution >= 4 is 17.1 Å². The Morgan fingerprint density at radius 1 is 1.11 bits per heavy atom. The van der Waals surface area contributed by atoms with E-state index in [0.717, 1.165) is 17.0 Å². The summed E-state index contributed by atoms with van der Waals surface area (Å²) >= 11 is 0. The van der Waals surface area contributed by atoms with Crippen LogP contribution in [0.3, 0.4) is 0 Å². The van der Waals surface area contributed by atoms with E-state index in [1.54, 1.807) is 12.1 Å². The van der Waals surface area contributed by atoms with Gasteiger partial charge < -0.3 is 0 Å². The molecular formula is C14H13N3O2. The number of para-hydroxylation sites is 1. The number of rotatable bonds is 4. The minimum Gasteiger partial charge on any atom is -0.278 e. The van der Waals surface area contributed by atoms with Crippen LogP contribution >= 0.6 is 0 Å². The molecule has 96 valence electrons. The summed E-state index contributed by atoms with van der Waals surface area (Å²) in [6, 6.07) is 15.9. The summed E-state index contributed by atoms with van der Waals surface area (Å²) in [6.45, 7) is 1.84. The molecule has 0 heterocycles. The third-order valence-electron chi connectivity index (χ3n) is 2.62. The summed E-state index contributed by atoms with van der Waals surface area (Å²) in [5, 5.41) is 14.8. The standard InChI is InChI=1S/C14H13N3O2/c1-11(15-16-13-5-3-2-4-6-13)12-7-9-14(10-8-12)17(18)19/h2-10,16H,1H3. The van der Waals surface area contributed by atoms with Crippen molar-refractivity contribution in [1.82, 2.24) is 0 Å². The third-order valence-corrected chi connectivity index (χ3v) is 2.62. The Kier molecular flexibility index (Phi) is 3.87. The molecule has 0 aromatic heterocycles. The molecule has 0 bridgehead atoms. The predicted molar refractivity (Wildman–Crippen MR) is 75.4 cm³/mol. The van der Waals surface area contributed by atoms with Crippen LogP contribution in [0, 0.1) is 10.1 Å². The predicted octanol–water partition coefficient (Wildman–Crippen LogP) is 3.43. The Morgan fingerprint density at radius 3 is 2.32 bits per heavy atom. The quantitative estimate of drug-likeness (QED) is 0.517. The molecule has 0 atom stereocenters. The lowest BCUT2D eigenvalue weighted by Crippen LogP contribution is -1.99. The van der Waals surface area contributed by atoms with Crippen molar-refractivity contribution in [1.29, 1.82) is 0 Å². The largest absolute Gasteiger partial charge is 0.278 e. The lowest BCUT2D eigenvalue weighted by molar-refractivity contribution is -0.384. The van der Waals surface area contributed by atoms with Gasteiger partial charge in [0.2, 0.25) is 0 Å². The van der Waals surface area contributed by atoms with Gasteiger partial charge in [-0.25, -0.2) is 0 Å². The minimum atomic E-state index is -0.418. The van der Waals surface area contributed by atoms with E-state index < -0.39 is 4.92 Å². The van der Waals surface area contributed by atoms with Crippen LogP contribution in [0.25, 0.3) is 0 Å². The van der Waals surface area contributed by atoms with Gasteiger partial charge in [-0.3, -0.25) is 15.5 Å². The van der Waals surface area contributed by atoms with Gasteiger partial charge in [0.1, 0.15) is 0 Å². The molecule has 1 N–H and O–H groups in total. The molecule has 0 radical (unpaired) electrons. The van der Waals surface area contributed by atoms with E-state index in [2.05, 4.69) is 10.5 Å². The maximum atomic E-state index is 10.6. The number of benzene rings is 2. The van der Waals surface area contributed by atoms with Gasteiger partial charge in [-0.05, 0) is 36.8 Å². The van der Waals surface area contributed by atoms with Crippen LogP contribution in [0.1, 0.15) is 12.5 Å². The van der Waals surface area contributed by atoms with Gasteiger partial charge >= 0.3 is 0 Å². The van der Waals surface area contributed by atoms with E-state index in [1.807, 2.05) is 37.3 Å². The number of nitrogens with one attached hydrogen (secondary N) is 1. The normalized spacial score (nSPS) is 11.1. The van der Waals surface area contributed by atoms with Gasteiger partial charge in [0, 0.05) is 12.1 Å². The Morgan fingerprint density at radius 2 is 1.74 bits per heavy atom. The highest BCUT2D eigenvalue weighted by Crippen LogP contribution is 2.13. The van der Waals surface area contributed by atoms with E-state index in [9.17, 15) is 10.1 Å². The van der Waals surface area contributed by atoms with E-state index in [1.165, 1.54) is 12.1 Å². The number of nitro benzene ring substituents is 1. The smallest absolute Gasteiger partial charge is 0.269 e. The summed E-state index contributed by atoms with van der Waals surface area (Å²) < 4.78 is 0. The van der Waals surface area contributed by atoms with E-state index in [-0.39, 0.29) is 5.69 Å². The van der Waals surface area contributed by atoms with Crippen molar-refractivity contribution < 1.29 is 4.92 Å². The second-order valence-corrected chi connectivity index (χ2v) is 3.98. The molecule has 2 rings (SSSR count). The fourth-order valence-corrected chi connectivity index (χ4v) is 1.55. The summed E-state index contributed by atoms with van der Waals surface area (Å²) in [5.41, 5.74) is 5.51. The average molecular weight is 255 g/mol. The van der Waals surface area contributed by atoms with Crippen LogP contribution < -0.4 is 5.43 Å². The van der Waals surface area contributed by atoms with Crippen molar-refractivity contribution in [3.8, 4) is 0 Å². The topological polar surface area (TPSA) is 67.5 Å².